The quantitative estimate of drug-likeness (QED) is 0.600. The topological polar surface area (TPSA) is 42.4 Å². The van der Waals surface area contributed by atoms with Crippen LogP contribution >= 0.6 is 11.6 Å². The Hall–Kier alpha value is -1.06. The number of aliphatic hydroxyl groups excluding tert-OH is 1. The van der Waals surface area contributed by atoms with Gasteiger partial charge in [0.05, 0.1) is 18.2 Å². The molecule has 0 atom stereocenters. The van der Waals surface area contributed by atoms with Crippen molar-refractivity contribution in [3.63, 3.8) is 0 Å². The molecule has 0 fully saturated rings. The molecule has 0 saturated heterocycles. The normalized spacial score (nSPS) is 10.0. The summed E-state index contributed by atoms with van der Waals surface area (Å²) in [7, 11) is 0. The van der Waals surface area contributed by atoms with Gasteiger partial charge in [0.25, 0.3) is 0 Å². The van der Waals surface area contributed by atoms with E-state index >= 15 is 0 Å². The molecule has 4 heteroatoms. The van der Waals surface area contributed by atoms with Crippen LogP contribution in [0.1, 0.15) is 18.4 Å². The number of halogens is 1. The van der Waals surface area contributed by atoms with Gasteiger partial charge in [-0.05, 0) is 12.8 Å². The van der Waals surface area contributed by atoms with Crippen LogP contribution in [-0.2, 0) is 6.61 Å². The Morgan fingerprint density at radius 3 is 3.07 bits per heavy atom. The Kier molecular flexibility index (Phi) is 5.15. The Morgan fingerprint density at radius 2 is 2.40 bits per heavy atom. The second-order valence-electron chi connectivity index (χ2n) is 3.05. The van der Waals surface area contributed by atoms with Gasteiger partial charge in [-0.15, -0.1) is 6.58 Å². The Labute approximate surface area is 94.4 Å². The monoisotopic (exact) mass is 227 g/mol. The number of unbranched alkanes of at least 4 members (excludes halogenated alkanes) is 1. The molecule has 82 valence electrons. The Morgan fingerprint density at radius 1 is 1.60 bits per heavy atom. The third-order valence-corrected chi connectivity index (χ3v) is 2.22. The van der Waals surface area contributed by atoms with Crippen LogP contribution in [0.4, 0.5) is 0 Å². The molecule has 0 aliphatic heterocycles. The van der Waals surface area contributed by atoms with Crippen molar-refractivity contribution in [2.75, 3.05) is 6.61 Å². The van der Waals surface area contributed by atoms with E-state index in [9.17, 15) is 0 Å². The molecule has 0 unspecified atom stereocenters. The summed E-state index contributed by atoms with van der Waals surface area (Å²) in [6.45, 7) is 4.10. The molecular formula is C11H14ClNO2. The van der Waals surface area contributed by atoms with Crippen molar-refractivity contribution in [2.24, 2.45) is 0 Å². The molecule has 1 aromatic heterocycles. The number of nitrogens with zero attached hydrogens (tertiary/aromatic N) is 1. The van der Waals surface area contributed by atoms with Crippen LogP contribution in [0.25, 0.3) is 0 Å². The summed E-state index contributed by atoms with van der Waals surface area (Å²) in [6.07, 6.45) is 5.15. The van der Waals surface area contributed by atoms with Gasteiger partial charge in [0.15, 0.2) is 0 Å². The van der Waals surface area contributed by atoms with E-state index in [-0.39, 0.29) is 6.61 Å². The van der Waals surface area contributed by atoms with E-state index in [1.54, 1.807) is 6.07 Å². The van der Waals surface area contributed by atoms with Crippen molar-refractivity contribution >= 4 is 11.6 Å². The minimum absolute atomic E-state index is 0.107. The van der Waals surface area contributed by atoms with Gasteiger partial charge in [-0.25, -0.2) is 4.98 Å². The number of hydrogen-bond donors (Lipinski definition) is 1. The van der Waals surface area contributed by atoms with Crippen LogP contribution in [0.2, 0.25) is 5.02 Å². The van der Waals surface area contributed by atoms with Crippen LogP contribution in [0.5, 0.6) is 5.88 Å². The summed E-state index contributed by atoms with van der Waals surface area (Å²) in [5, 5.41) is 9.43. The van der Waals surface area contributed by atoms with Crippen molar-refractivity contribution in [2.45, 2.75) is 19.4 Å². The van der Waals surface area contributed by atoms with E-state index in [2.05, 4.69) is 11.6 Å². The third-order valence-electron chi connectivity index (χ3n) is 1.88. The summed E-state index contributed by atoms with van der Waals surface area (Å²) >= 11 is 5.79. The molecule has 0 aliphatic carbocycles. The molecule has 0 bridgehead atoms. The average Bonchev–Trinajstić information content (AvgIpc) is 2.26. The SMILES string of the molecule is C=CCCCOc1cc(CO)c(Cl)cn1. The van der Waals surface area contributed by atoms with Gasteiger partial charge in [-0.3, -0.25) is 0 Å². The second-order valence-corrected chi connectivity index (χ2v) is 3.46. The fourth-order valence-electron chi connectivity index (χ4n) is 1.06. The van der Waals surface area contributed by atoms with Crippen LogP contribution in [0.15, 0.2) is 24.9 Å². The predicted octanol–water partition coefficient (Wildman–Crippen LogP) is 2.57. The summed E-state index contributed by atoms with van der Waals surface area (Å²) in [5.74, 6) is 0.493. The van der Waals surface area contributed by atoms with Crippen molar-refractivity contribution in [3.8, 4) is 5.88 Å². The fraction of sp³-hybridized carbons (Fsp3) is 0.364. The standard InChI is InChI=1S/C11H14ClNO2/c1-2-3-4-5-15-11-6-9(8-14)10(12)7-13-11/h2,6-7,14H,1,3-5,8H2. The van der Waals surface area contributed by atoms with Gasteiger partial charge in [-0.2, -0.15) is 0 Å². The molecule has 0 spiro atoms. The first-order valence-electron chi connectivity index (χ1n) is 4.77. The number of aliphatic hydroxyl groups is 1. The molecule has 0 saturated carbocycles. The number of hydrogen-bond acceptors (Lipinski definition) is 3. The van der Waals surface area contributed by atoms with Gasteiger partial charge < -0.3 is 9.84 Å². The Balaban J connectivity index is 2.50. The van der Waals surface area contributed by atoms with Crippen LogP contribution < -0.4 is 4.74 Å². The van der Waals surface area contributed by atoms with Crippen LogP contribution in [0, 0.1) is 0 Å². The highest BCUT2D eigenvalue weighted by Crippen LogP contribution is 2.19. The maximum atomic E-state index is 8.97. The zero-order valence-corrected chi connectivity index (χ0v) is 9.20. The van der Waals surface area contributed by atoms with E-state index < -0.39 is 0 Å². The maximum absolute atomic E-state index is 8.97. The first kappa shape index (κ1) is 12.0. The lowest BCUT2D eigenvalue weighted by molar-refractivity contribution is 0.276. The molecule has 0 radical (unpaired) electrons. The molecular weight excluding hydrogens is 214 g/mol. The lowest BCUT2D eigenvalue weighted by Crippen LogP contribution is -1.99. The van der Waals surface area contributed by atoms with E-state index in [0.717, 1.165) is 12.8 Å². The van der Waals surface area contributed by atoms with Gasteiger partial charge in [-0.1, -0.05) is 17.7 Å². The highest BCUT2D eigenvalue weighted by Gasteiger charge is 2.02. The molecule has 1 heterocycles. The zero-order chi connectivity index (χ0) is 11.1. The molecule has 3 nitrogen and oxygen atoms in total. The number of ether oxygens (including phenoxy) is 1. The van der Waals surface area contributed by atoms with E-state index in [1.165, 1.54) is 6.20 Å². The lowest BCUT2D eigenvalue weighted by atomic mass is 10.3. The predicted molar refractivity (Wildman–Crippen MR) is 60.1 cm³/mol. The lowest BCUT2D eigenvalue weighted by Gasteiger charge is -2.06. The zero-order valence-electron chi connectivity index (χ0n) is 8.45. The molecule has 0 amide bonds. The first-order valence-corrected chi connectivity index (χ1v) is 5.14. The van der Waals surface area contributed by atoms with Gasteiger partial charge >= 0.3 is 0 Å². The minimum Gasteiger partial charge on any atom is -0.478 e. The fourth-order valence-corrected chi connectivity index (χ4v) is 1.23. The second kappa shape index (κ2) is 6.43. The highest BCUT2D eigenvalue weighted by molar-refractivity contribution is 6.31. The first-order chi connectivity index (χ1) is 7.27. The van der Waals surface area contributed by atoms with Crippen molar-refractivity contribution in [1.82, 2.24) is 4.98 Å². The number of aromatic nitrogens is 1. The summed E-state index contributed by atoms with van der Waals surface area (Å²) in [4.78, 5) is 3.99. The summed E-state index contributed by atoms with van der Waals surface area (Å²) in [5.41, 5.74) is 0.630. The molecule has 0 aliphatic rings. The summed E-state index contributed by atoms with van der Waals surface area (Å²) < 4.78 is 5.38. The molecule has 15 heavy (non-hydrogen) atoms. The van der Waals surface area contributed by atoms with Crippen molar-refractivity contribution < 1.29 is 9.84 Å². The largest absolute Gasteiger partial charge is 0.478 e. The van der Waals surface area contributed by atoms with Crippen LogP contribution in [0.3, 0.4) is 0 Å². The Bertz CT molecular complexity index is 328. The van der Waals surface area contributed by atoms with Crippen molar-refractivity contribution in [1.29, 1.82) is 0 Å². The number of allylic oxidation sites excluding steroid dienone is 1. The smallest absolute Gasteiger partial charge is 0.213 e. The molecule has 1 rings (SSSR count). The highest BCUT2D eigenvalue weighted by atomic mass is 35.5. The van der Waals surface area contributed by atoms with Gasteiger partial charge in [0, 0.05) is 17.8 Å². The average molecular weight is 228 g/mol. The van der Waals surface area contributed by atoms with E-state index in [4.69, 9.17) is 21.4 Å². The summed E-state index contributed by atoms with van der Waals surface area (Å²) in [6, 6.07) is 1.65. The maximum Gasteiger partial charge on any atom is 0.213 e. The minimum atomic E-state index is -0.107. The van der Waals surface area contributed by atoms with Gasteiger partial charge in [0.1, 0.15) is 0 Å². The molecule has 0 aromatic carbocycles. The van der Waals surface area contributed by atoms with Crippen LogP contribution in [-0.4, -0.2) is 16.7 Å². The van der Waals surface area contributed by atoms with E-state index in [1.807, 2.05) is 6.08 Å². The molecule has 1 N–H and O–H groups in total. The van der Waals surface area contributed by atoms with Gasteiger partial charge in [0.2, 0.25) is 5.88 Å². The molecule has 1 aromatic rings. The third kappa shape index (κ3) is 3.90. The van der Waals surface area contributed by atoms with Crippen molar-refractivity contribution in [3.05, 3.63) is 35.5 Å². The number of pyridine rings is 1. The number of rotatable bonds is 6. The van der Waals surface area contributed by atoms with E-state index in [0.29, 0.717) is 23.1 Å².